The average Bonchev–Trinajstić information content (AvgIpc) is 2.77. The lowest BCUT2D eigenvalue weighted by molar-refractivity contribution is -0.146. The third-order valence-corrected chi connectivity index (χ3v) is 3.17. The van der Waals surface area contributed by atoms with Gasteiger partial charge in [0, 0.05) is 12.5 Å². The number of rotatable bonds is 3. The highest BCUT2D eigenvalue weighted by atomic mass is 16.6. The lowest BCUT2D eigenvalue weighted by atomic mass is 10.1. The van der Waals surface area contributed by atoms with E-state index >= 15 is 0 Å². The van der Waals surface area contributed by atoms with E-state index < -0.39 is 23.7 Å². The summed E-state index contributed by atoms with van der Waals surface area (Å²) >= 11 is 0. The normalized spacial score (nSPS) is 22.2. The second-order valence-corrected chi connectivity index (χ2v) is 5.85. The summed E-state index contributed by atoms with van der Waals surface area (Å²) in [6.45, 7) is 5.33. The maximum absolute atomic E-state index is 12.3. The summed E-state index contributed by atoms with van der Waals surface area (Å²) in [4.78, 5) is 25.5. The van der Waals surface area contributed by atoms with Crippen LogP contribution in [0, 0.1) is 11.3 Å². The molecule has 6 nitrogen and oxygen atoms in total. The van der Waals surface area contributed by atoms with Gasteiger partial charge in [-0.2, -0.15) is 5.26 Å². The van der Waals surface area contributed by atoms with Crippen LogP contribution in [0.5, 0.6) is 0 Å². The molecule has 0 N–H and O–H groups in total. The molecular formula is C14H22N2O4. The van der Waals surface area contributed by atoms with Crippen molar-refractivity contribution in [3.8, 4) is 6.07 Å². The monoisotopic (exact) mass is 282 g/mol. The fourth-order valence-electron chi connectivity index (χ4n) is 2.36. The largest absolute Gasteiger partial charge is 0.467 e. The number of nitrogens with zero attached hydrogens (tertiary/aromatic N) is 2. The van der Waals surface area contributed by atoms with Gasteiger partial charge in [0.2, 0.25) is 0 Å². The van der Waals surface area contributed by atoms with Crippen molar-refractivity contribution in [1.29, 1.82) is 5.26 Å². The third-order valence-electron chi connectivity index (χ3n) is 3.17. The van der Waals surface area contributed by atoms with Gasteiger partial charge in [0.05, 0.1) is 13.2 Å². The smallest absolute Gasteiger partial charge is 0.411 e. The Balaban J connectivity index is 2.87. The van der Waals surface area contributed by atoms with E-state index in [0.29, 0.717) is 25.7 Å². The van der Waals surface area contributed by atoms with Gasteiger partial charge in [-0.15, -0.1) is 0 Å². The van der Waals surface area contributed by atoms with Gasteiger partial charge in [-0.3, -0.25) is 4.90 Å². The molecular weight excluding hydrogens is 260 g/mol. The van der Waals surface area contributed by atoms with E-state index in [9.17, 15) is 9.59 Å². The summed E-state index contributed by atoms with van der Waals surface area (Å²) in [6, 6.07) is 1.31. The summed E-state index contributed by atoms with van der Waals surface area (Å²) < 4.78 is 10.1. The molecule has 0 aromatic heterocycles. The first-order chi connectivity index (χ1) is 9.30. The molecule has 0 aliphatic carbocycles. The lowest BCUT2D eigenvalue weighted by Crippen LogP contribution is -2.47. The van der Waals surface area contributed by atoms with Crippen LogP contribution < -0.4 is 0 Å². The van der Waals surface area contributed by atoms with Gasteiger partial charge in [0.15, 0.2) is 0 Å². The van der Waals surface area contributed by atoms with Crippen molar-refractivity contribution in [2.75, 3.05) is 7.11 Å². The van der Waals surface area contributed by atoms with Crippen molar-refractivity contribution in [2.24, 2.45) is 0 Å². The predicted molar refractivity (Wildman–Crippen MR) is 71.7 cm³/mol. The highest BCUT2D eigenvalue weighted by molar-refractivity contribution is 5.82. The Morgan fingerprint density at radius 2 is 2.00 bits per heavy atom. The molecule has 20 heavy (non-hydrogen) atoms. The van der Waals surface area contributed by atoms with Crippen LogP contribution in [-0.2, 0) is 14.3 Å². The van der Waals surface area contributed by atoms with Gasteiger partial charge in [-0.25, -0.2) is 9.59 Å². The van der Waals surface area contributed by atoms with Crippen LogP contribution in [0.25, 0.3) is 0 Å². The number of nitriles is 1. The molecule has 0 aromatic rings. The highest BCUT2D eigenvalue weighted by Crippen LogP contribution is 2.29. The van der Waals surface area contributed by atoms with Gasteiger partial charge < -0.3 is 9.47 Å². The number of amides is 1. The quantitative estimate of drug-likeness (QED) is 0.741. The van der Waals surface area contributed by atoms with E-state index in [-0.39, 0.29) is 6.04 Å². The molecule has 1 aliphatic heterocycles. The molecule has 0 bridgehead atoms. The predicted octanol–water partition coefficient (Wildman–Crippen LogP) is 2.23. The fraction of sp³-hybridized carbons (Fsp3) is 0.786. The average molecular weight is 282 g/mol. The first-order valence-corrected chi connectivity index (χ1v) is 6.76. The molecule has 1 fully saturated rings. The summed E-state index contributed by atoms with van der Waals surface area (Å²) in [7, 11) is 1.30. The number of ether oxygens (including phenoxy) is 2. The van der Waals surface area contributed by atoms with Crippen molar-refractivity contribution in [2.45, 2.75) is 64.1 Å². The minimum Gasteiger partial charge on any atom is -0.467 e. The van der Waals surface area contributed by atoms with Crippen molar-refractivity contribution in [3.05, 3.63) is 0 Å². The maximum Gasteiger partial charge on any atom is 0.411 e. The number of carbonyl (C=O) groups is 2. The lowest BCUT2D eigenvalue weighted by Gasteiger charge is -2.31. The van der Waals surface area contributed by atoms with Gasteiger partial charge in [0.25, 0.3) is 0 Å². The van der Waals surface area contributed by atoms with E-state index in [1.54, 1.807) is 20.8 Å². The fourth-order valence-corrected chi connectivity index (χ4v) is 2.36. The van der Waals surface area contributed by atoms with Gasteiger partial charge in [-0.1, -0.05) is 0 Å². The first-order valence-electron chi connectivity index (χ1n) is 6.76. The Bertz CT molecular complexity index is 408. The second kappa shape index (κ2) is 6.60. The van der Waals surface area contributed by atoms with Crippen molar-refractivity contribution in [3.63, 3.8) is 0 Å². The first kappa shape index (κ1) is 16.3. The summed E-state index contributed by atoms with van der Waals surface area (Å²) in [5, 5.41) is 8.68. The molecule has 0 saturated carbocycles. The minimum absolute atomic E-state index is 0.145. The zero-order chi connectivity index (χ0) is 15.3. The number of likely N-dealkylation sites (tertiary alicyclic amines) is 1. The third kappa shape index (κ3) is 4.12. The number of hydrogen-bond acceptors (Lipinski definition) is 5. The van der Waals surface area contributed by atoms with Crippen molar-refractivity contribution < 1.29 is 19.1 Å². The molecule has 0 spiro atoms. The molecule has 1 saturated heterocycles. The Labute approximate surface area is 119 Å². The zero-order valence-corrected chi connectivity index (χ0v) is 12.5. The molecule has 1 rings (SSSR count). The molecule has 1 aliphatic rings. The molecule has 2 atom stereocenters. The van der Waals surface area contributed by atoms with E-state index in [0.717, 1.165) is 0 Å². The molecule has 0 radical (unpaired) electrons. The zero-order valence-electron chi connectivity index (χ0n) is 12.5. The Morgan fingerprint density at radius 1 is 1.35 bits per heavy atom. The standard InChI is InChI=1S/C14H22N2O4/c1-14(2,3)20-13(18)16-10(6-5-9-15)7-8-11(16)12(17)19-4/h10-11H,5-8H2,1-4H3. The van der Waals surface area contributed by atoms with E-state index in [1.165, 1.54) is 12.0 Å². The SMILES string of the molecule is COC(=O)C1CCC(CCC#N)N1C(=O)OC(C)(C)C. The molecule has 0 aromatic carbocycles. The van der Waals surface area contributed by atoms with E-state index in [1.807, 2.05) is 0 Å². The number of hydrogen-bond donors (Lipinski definition) is 0. The van der Waals surface area contributed by atoms with Crippen LogP contribution in [0.3, 0.4) is 0 Å². The number of methoxy groups -OCH3 is 1. The van der Waals surface area contributed by atoms with Crippen LogP contribution in [0.15, 0.2) is 0 Å². The summed E-state index contributed by atoms with van der Waals surface area (Å²) in [5.41, 5.74) is -0.625. The molecule has 1 heterocycles. The topological polar surface area (TPSA) is 79.6 Å². The van der Waals surface area contributed by atoms with Crippen molar-refractivity contribution in [1.82, 2.24) is 4.90 Å². The Hall–Kier alpha value is -1.77. The highest BCUT2D eigenvalue weighted by Gasteiger charge is 2.43. The molecule has 2 unspecified atom stereocenters. The van der Waals surface area contributed by atoms with Crippen LogP contribution in [0.4, 0.5) is 4.79 Å². The van der Waals surface area contributed by atoms with Gasteiger partial charge in [-0.05, 0) is 40.0 Å². The molecule has 112 valence electrons. The van der Waals surface area contributed by atoms with Crippen LogP contribution in [0.1, 0.15) is 46.5 Å². The van der Waals surface area contributed by atoms with Gasteiger partial charge in [0.1, 0.15) is 11.6 Å². The van der Waals surface area contributed by atoms with Gasteiger partial charge >= 0.3 is 12.1 Å². The van der Waals surface area contributed by atoms with Crippen LogP contribution in [0.2, 0.25) is 0 Å². The summed E-state index contributed by atoms with van der Waals surface area (Å²) in [5.74, 6) is -0.435. The Kier molecular flexibility index (Phi) is 5.37. The second-order valence-electron chi connectivity index (χ2n) is 5.85. The van der Waals surface area contributed by atoms with E-state index in [2.05, 4.69) is 6.07 Å². The van der Waals surface area contributed by atoms with E-state index in [4.69, 9.17) is 14.7 Å². The number of esters is 1. The molecule has 1 amide bonds. The Morgan fingerprint density at radius 3 is 2.50 bits per heavy atom. The van der Waals surface area contributed by atoms with Crippen molar-refractivity contribution >= 4 is 12.1 Å². The minimum atomic E-state index is -0.625. The molecule has 6 heteroatoms. The van der Waals surface area contributed by atoms with Crippen LogP contribution in [-0.4, -0.2) is 41.8 Å². The number of carbonyl (C=O) groups excluding carboxylic acids is 2. The summed E-state index contributed by atoms with van der Waals surface area (Å²) in [6.07, 6.45) is 1.59. The van der Waals surface area contributed by atoms with Crippen LogP contribution >= 0.6 is 0 Å². The maximum atomic E-state index is 12.3.